The van der Waals surface area contributed by atoms with Gasteiger partial charge in [-0.2, -0.15) is 0 Å². The highest BCUT2D eigenvalue weighted by molar-refractivity contribution is 7.89. The molecule has 0 spiro atoms. The van der Waals surface area contributed by atoms with Crippen molar-refractivity contribution in [3.63, 3.8) is 0 Å². The minimum atomic E-state index is -3.32. The Balaban J connectivity index is 3.85. The summed E-state index contributed by atoms with van der Waals surface area (Å²) in [6.07, 6.45) is -0.00582. The number of sulfonamides is 1. The van der Waals surface area contributed by atoms with Gasteiger partial charge in [0.05, 0.1) is 5.75 Å². The summed E-state index contributed by atoms with van der Waals surface area (Å²) >= 11 is 0. The molecule has 17 heavy (non-hydrogen) atoms. The molecule has 0 fully saturated rings. The van der Waals surface area contributed by atoms with Crippen molar-refractivity contribution in [2.75, 3.05) is 19.3 Å². The monoisotopic (exact) mass is 266 g/mol. The van der Waals surface area contributed by atoms with Gasteiger partial charge in [-0.15, -0.1) is 0 Å². The Morgan fingerprint density at radius 2 is 1.88 bits per heavy atom. The highest BCUT2D eigenvalue weighted by atomic mass is 32.2. The van der Waals surface area contributed by atoms with Crippen LogP contribution in [0.3, 0.4) is 0 Å². The van der Waals surface area contributed by atoms with Crippen molar-refractivity contribution in [3.05, 3.63) is 0 Å². The van der Waals surface area contributed by atoms with Crippen LogP contribution in [-0.4, -0.2) is 44.7 Å². The molecule has 0 rings (SSSR count). The van der Waals surface area contributed by atoms with Gasteiger partial charge >= 0.3 is 5.97 Å². The average molecular weight is 266 g/mol. The second kappa shape index (κ2) is 7.23. The van der Waals surface area contributed by atoms with Gasteiger partial charge in [-0.25, -0.2) is 13.1 Å². The second-order valence-corrected chi connectivity index (χ2v) is 5.83. The van der Waals surface area contributed by atoms with Crippen molar-refractivity contribution < 1.29 is 23.1 Å². The summed E-state index contributed by atoms with van der Waals surface area (Å²) in [5, 5.41) is 10.9. The number of aliphatic carboxylic acids is 1. The lowest BCUT2D eigenvalue weighted by atomic mass is 10.0. The Bertz CT molecular complexity index is 366. The van der Waals surface area contributed by atoms with Crippen molar-refractivity contribution in [1.29, 1.82) is 0 Å². The Morgan fingerprint density at radius 1 is 1.29 bits per heavy atom. The normalized spacial score (nSPS) is 13.1. The van der Waals surface area contributed by atoms with Crippen LogP contribution in [0.1, 0.15) is 19.8 Å². The number of rotatable bonds is 8. The summed E-state index contributed by atoms with van der Waals surface area (Å²) < 4.78 is 24.1. The third-order valence-corrected chi connectivity index (χ3v) is 3.42. The largest absolute Gasteiger partial charge is 0.481 e. The van der Waals surface area contributed by atoms with E-state index in [9.17, 15) is 18.0 Å². The van der Waals surface area contributed by atoms with E-state index in [1.54, 1.807) is 6.92 Å². The molecular formula is C9H18N2O5S. The van der Waals surface area contributed by atoms with Crippen molar-refractivity contribution >= 4 is 21.9 Å². The molecule has 1 unspecified atom stereocenters. The lowest BCUT2D eigenvalue weighted by Gasteiger charge is -2.09. The van der Waals surface area contributed by atoms with Crippen LogP contribution in [0.4, 0.5) is 0 Å². The van der Waals surface area contributed by atoms with Crippen LogP contribution in [0.2, 0.25) is 0 Å². The Morgan fingerprint density at radius 3 is 2.35 bits per heavy atom. The number of amides is 1. The molecule has 0 saturated carbocycles. The molecule has 1 atom stereocenters. The third kappa shape index (κ3) is 8.64. The minimum Gasteiger partial charge on any atom is -0.481 e. The molecule has 0 aromatic heterocycles. The highest BCUT2D eigenvalue weighted by Gasteiger charge is 2.13. The number of nitrogens with one attached hydrogen (secondary N) is 2. The zero-order valence-corrected chi connectivity index (χ0v) is 10.7. The number of carbonyl (C=O) groups excluding carboxylic acids is 1. The van der Waals surface area contributed by atoms with Crippen LogP contribution in [0.25, 0.3) is 0 Å². The van der Waals surface area contributed by atoms with E-state index in [0.717, 1.165) is 0 Å². The molecule has 100 valence electrons. The predicted octanol–water partition coefficient (Wildman–Crippen LogP) is -0.847. The number of carbonyl (C=O) groups is 2. The fraction of sp³-hybridized carbons (Fsp3) is 0.778. The maximum atomic E-state index is 11.3. The highest BCUT2D eigenvalue weighted by Crippen LogP contribution is 2.06. The summed E-state index contributed by atoms with van der Waals surface area (Å²) in [6.45, 7) is 1.67. The van der Waals surface area contributed by atoms with Gasteiger partial charge in [-0.3, -0.25) is 9.59 Å². The zero-order valence-electron chi connectivity index (χ0n) is 9.89. The molecule has 8 heteroatoms. The van der Waals surface area contributed by atoms with Crippen LogP contribution < -0.4 is 10.0 Å². The van der Waals surface area contributed by atoms with Crippen molar-refractivity contribution in [2.24, 2.45) is 5.92 Å². The molecule has 7 nitrogen and oxygen atoms in total. The topological polar surface area (TPSA) is 113 Å². The first-order valence-electron chi connectivity index (χ1n) is 5.16. The van der Waals surface area contributed by atoms with E-state index in [1.807, 2.05) is 0 Å². The number of hydrogen-bond donors (Lipinski definition) is 3. The molecule has 0 aliphatic carbocycles. The van der Waals surface area contributed by atoms with Gasteiger partial charge in [-0.1, -0.05) is 6.92 Å². The first-order chi connectivity index (χ1) is 7.76. The number of carboxylic acid groups (broad SMARTS) is 1. The van der Waals surface area contributed by atoms with Crippen molar-refractivity contribution in [2.45, 2.75) is 19.8 Å². The lowest BCUT2D eigenvalue weighted by molar-refractivity contribution is -0.138. The standard InChI is InChI=1S/C9H18N2O5S/c1-7(6-9(13)14)5-8(12)11-3-4-17(15,16)10-2/h7,10H,3-6H2,1-2H3,(H,11,12)(H,13,14). The average Bonchev–Trinajstić information content (AvgIpc) is 2.15. The first kappa shape index (κ1) is 15.9. The maximum absolute atomic E-state index is 11.3. The Hall–Kier alpha value is -1.15. The molecule has 0 saturated heterocycles. The molecule has 0 aliphatic heterocycles. The third-order valence-electron chi connectivity index (χ3n) is 2.06. The molecule has 3 N–H and O–H groups in total. The van der Waals surface area contributed by atoms with Crippen LogP contribution in [0.5, 0.6) is 0 Å². The van der Waals surface area contributed by atoms with Gasteiger partial charge < -0.3 is 10.4 Å². The summed E-state index contributed by atoms with van der Waals surface area (Å²) in [7, 11) is -2.02. The van der Waals surface area contributed by atoms with E-state index in [-0.39, 0.29) is 37.0 Å². The fourth-order valence-corrected chi connectivity index (χ4v) is 1.76. The van der Waals surface area contributed by atoms with E-state index in [1.165, 1.54) is 7.05 Å². The Kier molecular flexibility index (Phi) is 6.74. The Labute approximate surface area is 101 Å². The molecule has 0 aliphatic rings. The van der Waals surface area contributed by atoms with E-state index < -0.39 is 16.0 Å². The minimum absolute atomic E-state index is 0.0157. The van der Waals surface area contributed by atoms with Crippen LogP contribution in [0, 0.1) is 5.92 Å². The first-order valence-corrected chi connectivity index (χ1v) is 6.81. The van der Waals surface area contributed by atoms with E-state index in [2.05, 4.69) is 10.0 Å². The van der Waals surface area contributed by atoms with Gasteiger partial charge in [0.15, 0.2) is 0 Å². The van der Waals surface area contributed by atoms with Gasteiger partial charge in [0.2, 0.25) is 15.9 Å². The van der Waals surface area contributed by atoms with E-state index in [4.69, 9.17) is 5.11 Å². The molecule has 0 bridgehead atoms. The number of hydrogen-bond acceptors (Lipinski definition) is 4. The van der Waals surface area contributed by atoms with Gasteiger partial charge in [0.25, 0.3) is 0 Å². The SMILES string of the molecule is CNS(=O)(=O)CCNC(=O)CC(C)CC(=O)O. The molecule has 0 radical (unpaired) electrons. The smallest absolute Gasteiger partial charge is 0.303 e. The van der Waals surface area contributed by atoms with Gasteiger partial charge in [0, 0.05) is 19.4 Å². The quantitative estimate of drug-likeness (QED) is 0.530. The molecular weight excluding hydrogens is 248 g/mol. The van der Waals surface area contributed by atoms with Crippen LogP contribution in [-0.2, 0) is 19.6 Å². The van der Waals surface area contributed by atoms with Gasteiger partial charge in [-0.05, 0) is 13.0 Å². The molecule has 0 aromatic rings. The molecule has 1 amide bonds. The summed E-state index contributed by atoms with van der Waals surface area (Å²) in [6, 6.07) is 0. The summed E-state index contributed by atoms with van der Waals surface area (Å²) in [5.74, 6) is -1.76. The lowest BCUT2D eigenvalue weighted by Crippen LogP contribution is -2.33. The molecule has 0 heterocycles. The number of carboxylic acids is 1. The second-order valence-electron chi connectivity index (χ2n) is 3.78. The molecule has 0 aromatic carbocycles. The van der Waals surface area contributed by atoms with Crippen molar-refractivity contribution in [3.8, 4) is 0 Å². The van der Waals surface area contributed by atoms with Crippen molar-refractivity contribution in [1.82, 2.24) is 10.0 Å². The summed E-state index contributed by atoms with van der Waals surface area (Å²) in [4.78, 5) is 21.6. The van der Waals surface area contributed by atoms with Crippen LogP contribution >= 0.6 is 0 Å². The van der Waals surface area contributed by atoms with E-state index >= 15 is 0 Å². The fourth-order valence-electron chi connectivity index (χ4n) is 1.19. The maximum Gasteiger partial charge on any atom is 0.303 e. The van der Waals surface area contributed by atoms with Crippen LogP contribution in [0.15, 0.2) is 0 Å². The van der Waals surface area contributed by atoms with E-state index in [0.29, 0.717) is 0 Å². The predicted molar refractivity (Wildman–Crippen MR) is 61.9 cm³/mol. The van der Waals surface area contributed by atoms with Gasteiger partial charge in [0.1, 0.15) is 0 Å². The zero-order chi connectivity index (χ0) is 13.5. The summed E-state index contributed by atoms with van der Waals surface area (Å²) in [5.41, 5.74) is 0.